The molecule has 94 valence electrons. The molecule has 4 nitrogen and oxygen atoms in total. The number of hydrogen-bond donors (Lipinski definition) is 1. The number of alkyl halides is 1. The second-order valence-corrected chi connectivity index (χ2v) is 3.89. The third-order valence-corrected chi connectivity index (χ3v) is 2.50. The third kappa shape index (κ3) is 3.53. The van der Waals surface area contributed by atoms with E-state index >= 15 is 0 Å². The van der Waals surface area contributed by atoms with Gasteiger partial charge in [-0.3, -0.25) is 4.79 Å². The van der Waals surface area contributed by atoms with Crippen molar-refractivity contribution in [1.29, 1.82) is 0 Å². The van der Waals surface area contributed by atoms with E-state index in [0.29, 0.717) is 17.2 Å². The van der Waals surface area contributed by atoms with E-state index < -0.39 is 0 Å². The number of ether oxygens (including phenoxy) is 2. The van der Waals surface area contributed by atoms with Crippen LogP contribution in [0.25, 0.3) is 0 Å². The van der Waals surface area contributed by atoms with Gasteiger partial charge in [-0.25, -0.2) is 0 Å². The summed E-state index contributed by atoms with van der Waals surface area (Å²) in [6.45, 7) is 1.91. The molecule has 0 atom stereocenters. The SMILES string of the molecule is COc1cc(NC(=O)CCCl)c(OC)cc1C. The van der Waals surface area contributed by atoms with Gasteiger partial charge in [0, 0.05) is 18.4 Å². The summed E-state index contributed by atoms with van der Waals surface area (Å²) in [5, 5.41) is 2.74. The van der Waals surface area contributed by atoms with Crippen LogP contribution in [-0.4, -0.2) is 26.0 Å². The van der Waals surface area contributed by atoms with E-state index in [2.05, 4.69) is 5.32 Å². The number of nitrogens with one attached hydrogen (secondary N) is 1. The zero-order chi connectivity index (χ0) is 12.8. The van der Waals surface area contributed by atoms with Crippen molar-refractivity contribution in [2.24, 2.45) is 0 Å². The van der Waals surface area contributed by atoms with E-state index in [1.54, 1.807) is 20.3 Å². The number of anilines is 1. The summed E-state index contributed by atoms with van der Waals surface area (Å²) in [6, 6.07) is 3.55. The van der Waals surface area contributed by atoms with Crippen molar-refractivity contribution >= 4 is 23.2 Å². The molecule has 1 amide bonds. The number of halogens is 1. The average Bonchev–Trinajstić information content (AvgIpc) is 2.31. The molecule has 0 heterocycles. The number of amides is 1. The quantitative estimate of drug-likeness (QED) is 0.825. The number of carbonyl (C=O) groups excluding carboxylic acids is 1. The lowest BCUT2D eigenvalue weighted by atomic mass is 10.2. The minimum absolute atomic E-state index is 0.149. The van der Waals surface area contributed by atoms with Crippen LogP contribution in [-0.2, 0) is 4.79 Å². The molecule has 1 N–H and O–H groups in total. The summed E-state index contributed by atoms with van der Waals surface area (Å²) in [5.74, 6) is 1.44. The van der Waals surface area contributed by atoms with Crippen molar-refractivity contribution in [3.05, 3.63) is 17.7 Å². The van der Waals surface area contributed by atoms with Gasteiger partial charge < -0.3 is 14.8 Å². The zero-order valence-electron chi connectivity index (χ0n) is 10.2. The highest BCUT2D eigenvalue weighted by Gasteiger charge is 2.11. The fourth-order valence-electron chi connectivity index (χ4n) is 1.45. The van der Waals surface area contributed by atoms with Crippen LogP contribution >= 0.6 is 11.6 Å². The number of hydrogen-bond acceptors (Lipinski definition) is 3. The molecule has 0 aromatic heterocycles. The van der Waals surface area contributed by atoms with Crippen molar-refractivity contribution in [2.75, 3.05) is 25.4 Å². The second kappa shape index (κ2) is 6.35. The first-order valence-corrected chi connectivity index (χ1v) is 5.74. The van der Waals surface area contributed by atoms with Crippen LogP contribution < -0.4 is 14.8 Å². The van der Waals surface area contributed by atoms with Gasteiger partial charge in [0.15, 0.2) is 0 Å². The second-order valence-electron chi connectivity index (χ2n) is 3.51. The van der Waals surface area contributed by atoms with Crippen molar-refractivity contribution in [1.82, 2.24) is 0 Å². The van der Waals surface area contributed by atoms with E-state index in [1.165, 1.54) is 0 Å². The lowest BCUT2D eigenvalue weighted by Gasteiger charge is -2.13. The number of benzene rings is 1. The summed E-state index contributed by atoms with van der Waals surface area (Å²) in [5.41, 5.74) is 1.53. The van der Waals surface area contributed by atoms with Crippen molar-refractivity contribution in [3.63, 3.8) is 0 Å². The van der Waals surface area contributed by atoms with Crippen molar-refractivity contribution in [3.8, 4) is 11.5 Å². The van der Waals surface area contributed by atoms with Crippen LogP contribution in [0.4, 0.5) is 5.69 Å². The summed E-state index contributed by atoms with van der Waals surface area (Å²) in [6.07, 6.45) is 0.265. The lowest BCUT2D eigenvalue weighted by Crippen LogP contribution is -2.12. The Morgan fingerprint density at radius 3 is 2.47 bits per heavy atom. The van der Waals surface area contributed by atoms with Gasteiger partial charge in [0.1, 0.15) is 11.5 Å². The van der Waals surface area contributed by atoms with Gasteiger partial charge in [0.25, 0.3) is 0 Å². The Kier molecular flexibility index (Phi) is 5.10. The highest BCUT2D eigenvalue weighted by molar-refractivity contribution is 6.19. The summed E-state index contributed by atoms with van der Waals surface area (Å²) >= 11 is 5.50. The van der Waals surface area contributed by atoms with E-state index in [4.69, 9.17) is 21.1 Å². The average molecular weight is 258 g/mol. The molecule has 0 aliphatic rings. The lowest BCUT2D eigenvalue weighted by molar-refractivity contribution is -0.115. The summed E-state index contributed by atoms with van der Waals surface area (Å²) in [7, 11) is 3.14. The number of aryl methyl sites for hydroxylation is 1. The Bertz CT molecular complexity index is 407. The third-order valence-electron chi connectivity index (χ3n) is 2.31. The molecule has 0 aliphatic heterocycles. The maximum atomic E-state index is 11.5. The summed E-state index contributed by atoms with van der Waals surface area (Å²) < 4.78 is 10.4. The van der Waals surface area contributed by atoms with Crippen LogP contribution in [0.3, 0.4) is 0 Å². The Morgan fingerprint density at radius 2 is 1.94 bits per heavy atom. The molecular formula is C12H16ClNO3. The predicted molar refractivity (Wildman–Crippen MR) is 68.2 cm³/mol. The van der Waals surface area contributed by atoms with E-state index in [0.717, 1.165) is 5.56 Å². The van der Waals surface area contributed by atoms with E-state index in [-0.39, 0.29) is 18.2 Å². The van der Waals surface area contributed by atoms with Crippen LogP contribution in [0.15, 0.2) is 12.1 Å². The smallest absolute Gasteiger partial charge is 0.225 e. The molecular weight excluding hydrogens is 242 g/mol. The fourth-order valence-corrected chi connectivity index (χ4v) is 1.62. The first-order valence-electron chi connectivity index (χ1n) is 5.20. The van der Waals surface area contributed by atoms with E-state index in [9.17, 15) is 4.79 Å². The van der Waals surface area contributed by atoms with E-state index in [1.807, 2.05) is 13.0 Å². The normalized spacial score (nSPS) is 9.88. The number of methoxy groups -OCH3 is 2. The van der Waals surface area contributed by atoms with Crippen molar-refractivity contribution in [2.45, 2.75) is 13.3 Å². The highest BCUT2D eigenvalue weighted by Crippen LogP contribution is 2.32. The van der Waals surface area contributed by atoms with Crippen LogP contribution in [0, 0.1) is 6.92 Å². The molecule has 0 saturated carbocycles. The molecule has 0 spiro atoms. The van der Waals surface area contributed by atoms with Crippen LogP contribution in [0.5, 0.6) is 11.5 Å². The maximum absolute atomic E-state index is 11.5. The molecule has 0 saturated heterocycles. The van der Waals surface area contributed by atoms with Gasteiger partial charge >= 0.3 is 0 Å². The molecule has 0 radical (unpaired) electrons. The molecule has 5 heteroatoms. The van der Waals surface area contributed by atoms with Crippen molar-refractivity contribution < 1.29 is 14.3 Å². The van der Waals surface area contributed by atoms with Gasteiger partial charge in [-0.1, -0.05) is 0 Å². The topological polar surface area (TPSA) is 47.6 Å². The van der Waals surface area contributed by atoms with Gasteiger partial charge in [0.2, 0.25) is 5.91 Å². The zero-order valence-corrected chi connectivity index (χ0v) is 10.9. The number of rotatable bonds is 5. The number of carbonyl (C=O) groups is 1. The largest absolute Gasteiger partial charge is 0.496 e. The van der Waals surface area contributed by atoms with Crippen LogP contribution in [0.2, 0.25) is 0 Å². The molecule has 0 unspecified atom stereocenters. The highest BCUT2D eigenvalue weighted by atomic mass is 35.5. The Morgan fingerprint density at radius 1 is 1.29 bits per heavy atom. The standard InChI is InChI=1S/C12H16ClNO3/c1-8-6-11(17-3)9(7-10(8)16-2)14-12(15)4-5-13/h6-7H,4-5H2,1-3H3,(H,14,15). The molecule has 17 heavy (non-hydrogen) atoms. The molecule has 1 rings (SSSR count). The molecule has 0 bridgehead atoms. The monoisotopic (exact) mass is 257 g/mol. The molecule has 1 aromatic carbocycles. The van der Waals surface area contributed by atoms with Gasteiger partial charge in [0.05, 0.1) is 19.9 Å². The Balaban J connectivity index is 2.99. The predicted octanol–water partition coefficient (Wildman–Crippen LogP) is 2.58. The van der Waals surface area contributed by atoms with Gasteiger partial charge in [-0.15, -0.1) is 11.6 Å². The molecule has 0 aliphatic carbocycles. The van der Waals surface area contributed by atoms with Gasteiger partial charge in [-0.2, -0.15) is 0 Å². The Labute approximate surface area is 106 Å². The van der Waals surface area contributed by atoms with Crippen LogP contribution in [0.1, 0.15) is 12.0 Å². The minimum Gasteiger partial charge on any atom is -0.496 e. The molecule has 1 aromatic rings. The first-order chi connectivity index (χ1) is 8.12. The molecule has 0 fully saturated rings. The van der Waals surface area contributed by atoms with Gasteiger partial charge in [-0.05, 0) is 18.6 Å². The summed E-state index contributed by atoms with van der Waals surface area (Å²) in [4.78, 5) is 11.5. The first kappa shape index (κ1) is 13.6. The minimum atomic E-state index is -0.149. The maximum Gasteiger partial charge on any atom is 0.225 e. The Hall–Kier alpha value is -1.42. The fraction of sp³-hybridized carbons (Fsp3) is 0.417.